The Labute approximate surface area is 114 Å². The second kappa shape index (κ2) is 6.64. The lowest BCUT2D eigenvalue weighted by molar-refractivity contribution is 0.276. The first-order valence-corrected chi connectivity index (χ1v) is 7.93. The van der Waals surface area contributed by atoms with E-state index in [9.17, 15) is 0 Å². The number of hydrogen-bond donors (Lipinski definition) is 1. The molecule has 1 aliphatic heterocycles. The van der Waals surface area contributed by atoms with Gasteiger partial charge in [0.15, 0.2) is 0 Å². The van der Waals surface area contributed by atoms with Gasteiger partial charge in [-0.15, -0.1) is 11.3 Å². The molecule has 0 atom stereocenters. The number of thiazole rings is 1. The number of nitrogens with two attached hydrogens (primary N) is 1. The van der Waals surface area contributed by atoms with E-state index in [2.05, 4.69) is 18.7 Å². The summed E-state index contributed by atoms with van der Waals surface area (Å²) in [6, 6.07) is 0. The van der Waals surface area contributed by atoms with E-state index in [1.165, 1.54) is 54.4 Å². The molecule has 1 aliphatic rings. The molecule has 0 unspecified atom stereocenters. The van der Waals surface area contributed by atoms with E-state index < -0.39 is 0 Å². The third kappa shape index (κ3) is 3.53. The average Bonchev–Trinajstić information content (AvgIpc) is 2.58. The Bertz CT molecular complexity index is 365. The van der Waals surface area contributed by atoms with Crippen LogP contribution in [-0.2, 0) is 13.1 Å². The van der Waals surface area contributed by atoms with Crippen LogP contribution in [0.3, 0.4) is 0 Å². The third-order valence-electron chi connectivity index (χ3n) is 3.56. The van der Waals surface area contributed by atoms with Crippen molar-refractivity contribution in [2.24, 2.45) is 5.73 Å². The van der Waals surface area contributed by atoms with Gasteiger partial charge in [0.25, 0.3) is 0 Å². The van der Waals surface area contributed by atoms with Crippen molar-refractivity contribution in [1.82, 2.24) is 9.88 Å². The first-order valence-electron chi connectivity index (χ1n) is 7.11. The molecule has 2 heterocycles. The number of nitrogens with zero attached hydrogens (tertiary/aromatic N) is 2. The predicted molar refractivity (Wildman–Crippen MR) is 77.8 cm³/mol. The van der Waals surface area contributed by atoms with Gasteiger partial charge in [0, 0.05) is 11.4 Å². The normalized spacial score (nSPS) is 18.2. The van der Waals surface area contributed by atoms with Gasteiger partial charge in [-0.05, 0) is 31.8 Å². The quantitative estimate of drug-likeness (QED) is 0.911. The van der Waals surface area contributed by atoms with Crippen LogP contribution in [0.1, 0.15) is 61.0 Å². The molecule has 0 aliphatic carbocycles. The van der Waals surface area contributed by atoms with E-state index >= 15 is 0 Å². The van der Waals surface area contributed by atoms with Crippen molar-refractivity contribution in [3.05, 3.63) is 15.6 Å². The Balaban J connectivity index is 2.04. The number of hydrogen-bond acceptors (Lipinski definition) is 4. The SMILES string of the molecule is CC(C)c1nc(CN2CCCCCC2)sc1CN. The van der Waals surface area contributed by atoms with E-state index in [1.807, 2.05) is 11.3 Å². The number of rotatable bonds is 4. The zero-order chi connectivity index (χ0) is 13.0. The third-order valence-corrected chi connectivity index (χ3v) is 4.64. The lowest BCUT2D eigenvalue weighted by Gasteiger charge is -2.17. The van der Waals surface area contributed by atoms with Crippen LogP contribution >= 0.6 is 11.3 Å². The molecule has 1 aromatic rings. The molecular formula is C14H25N3S. The summed E-state index contributed by atoms with van der Waals surface area (Å²) in [7, 11) is 0. The van der Waals surface area contributed by atoms with Crippen molar-refractivity contribution < 1.29 is 0 Å². The van der Waals surface area contributed by atoms with Gasteiger partial charge in [-0.3, -0.25) is 4.90 Å². The summed E-state index contributed by atoms with van der Waals surface area (Å²) in [4.78, 5) is 8.63. The van der Waals surface area contributed by atoms with E-state index in [-0.39, 0.29) is 0 Å². The summed E-state index contributed by atoms with van der Waals surface area (Å²) in [6.45, 7) is 8.51. The molecular weight excluding hydrogens is 242 g/mol. The molecule has 2 N–H and O–H groups in total. The fourth-order valence-electron chi connectivity index (χ4n) is 2.56. The van der Waals surface area contributed by atoms with Gasteiger partial charge in [-0.25, -0.2) is 4.98 Å². The number of aromatic nitrogens is 1. The lowest BCUT2D eigenvalue weighted by atomic mass is 10.1. The number of likely N-dealkylation sites (tertiary alicyclic amines) is 1. The molecule has 0 amide bonds. The van der Waals surface area contributed by atoms with Gasteiger partial charge >= 0.3 is 0 Å². The van der Waals surface area contributed by atoms with Crippen LogP contribution < -0.4 is 5.73 Å². The van der Waals surface area contributed by atoms with Gasteiger partial charge in [0.1, 0.15) is 5.01 Å². The highest BCUT2D eigenvalue weighted by atomic mass is 32.1. The van der Waals surface area contributed by atoms with Crippen molar-refractivity contribution >= 4 is 11.3 Å². The fraction of sp³-hybridized carbons (Fsp3) is 0.786. The molecule has 4 heteroatoms. The maximum atomic E-state index is 5.82. The van der Waals surface area contributed by atoms with Crippen molar-refractivity contribution in [3.8, 4) is 0 Å². The Morgan fingerprint density at radius 1 is 1.22 bits per heavy atom. The Morgan fingerprint density at radius 3 is 2.39 bits per heavy atom. The van der Waals surface area contributed by atoms with Gasteiger partial charge < -0.3 is 5.73 Å². The zero-order valence-electron chi connectivity index (χ0n) is 11.6. The molecule has 0 bridgehead atoms. The maximum absolute atomic E-state index is 5.82. The lowest BCUT2D eigenvalue weighted by Crippen LogP contribution is -2.23. The first kappa shape index (κ1) is 14.0. The summed E-state index contributed by atoms with van der Waals surface area (Å²) >= 11 is 1.81. The molecule has 18 heavy (non-hydrogen) atoms. The van der Waals surface area contributed by atoms with Crippen LogP contribution in [0, 0.1) is 0 Å². The van der Waals surface area contributed by atoms with E-state index in [0.717, 1.165) is 6.54 Å². The molecule has 0 saturated carbocycles. The van der Waals surface area contributed by atoms with Gasteiger partial charge in [0.2, 0.25) is 0 Å². The predicted octanol–water partition coefficient (Wildman–Crippen LogP) is 3.10. The minimum absolute atomic E-state index is 0.484. The fourth-order valence-corrected chi connectivity index (χ4v) is 3.71. The monoisotopic (exact) mass is 267 g/mol. The van der Waals surface area contributed by atoms with E-state index in [1.54, 1.807) is 0 Å². The Hall–Kier alpha value is -0.450. The van der Waals surface area contributed by atoms with Gasteiger partial charge in [0.05, 0.1) is 12.2 Å². The molecule has 1 saturated heterocycles. The summed E-state index contributed by atoms with van der Waals surface area (Å²) < 4.78 is 0. The maximum Gasteiger partial charge on any atom is 0.107 e. The molecule has 1 aromatic heterocycles. The molecule has 3 nitrogen and oxygen atoms in total. The van der Waals surface area contributed by atoms with Crippen LogP contribution in [0.4, 0.5) is 0 Å². The van der Waals surface area contributed by atoms with Crippen LogP contribution in [-0.4, -0.2) is 23.0 Å². The Morgan fingerprint density at radius 2 is 1.89 bits per heavy atom. The molecule has 0 radical (unpaired) electrons. The highest BCUT2D eigenvalue weighted by Gasteiger charge is 2.16. The molecule has 102 valence electrons. The Kier molecular flexibility index (Phi) is 5.15. The van der Waals surface area contributed by atoms with E-state index in [4.69, 9.17) is 10.7 Å². The minimum atomic E-state index is 0.484. The summed E-state index contributed by atoms with van der Waals surface area (Å²) in [5.74, 6) is 0.484. The highest BCUT2D eigenvalue weighted by Crippen LogP contribution is 2.26. The van der Waals surface area contributed by atoms with Crippen LogP contribution in [0.25, 0.3) is 0 Å². The standard InChI is InChI=1S/C14H25N3S/c1-11(2)14-12(9-15)18-13(16-14)10-17-7-5-3-4-6-8-17/h11H,3-10,15H2,1-2H3. The average molecular weight is 267 g/mol. The van der Waals surface area contributed by atoms with Crippen molar-refractivity contribution in [2.45, 2.75) is 58.5 Å². The summed E-state index contributed by atoms with van der Waals surface area (Å²) in [5.41, 5.74) is 7.03. The summed E-state index contributed by atoms with van der Waals surface area (Å²) in [6.07, 6.45) is 5.46. The van der Waals surface area contributed by atoms with Crippen LogP contribution in [0.5, 0.6) is 0 Å². The summed E-state index contributed by atoms with van der Waals surface area (Å²) in [5, 5.41) is 1.25. The second-order valence-electron chi connectivity index (χ2n) is 5.47. The molecule has 0 aromatic carbocycles. The van der Waals surface area contributed by atoms with Gasteiger partial charge in [-0.2, -0.15) is 0 Å². The molecule has 0 spiro atoms. The largest absolute Gasteiger partial charge is 0.326 e. The van der Waals surface area contributed by atoms with Crippen molar-refractivity contribution in [2.75, 3.05) is 13.1 Å². The van der Waals surface area contributed by atoms with Crippen LogP contribution in [0.2, 0.25) is 0 Å². The minimum Gasteiger partial charge on any atom is -0.326 e. The van der Waals surface area contributed by atoms with Crippen LogP contribution in [0.15, 0.2) is 0 Å². The zero-order valence-corrected chi connectivity index (χ0v) is 12.4. The van der Waals surface area contributed by atoms with Gasteiger partial charge in [-0.1, -0.05) is 26.7 Å². The highest BCUT2D eigenvalue weighted by molar-refractivity contribution is 7.11. The molecule has 1 fully saturated rings. The van der Waals surface area contributed by atoms with Crippen molar-refractivity contribution in [1.29, 1.82) is 0 Å². The van der Waals surface area contributed by atoms with Crippen molar-refractivity contribution in [3.63, 3.8) is 0 Å². The topological polar surface area (TPSA) is 42.2 Å². The smallest absolute Gasteiger partial charge is 0.107 e. The first-order chi connectivity index (χ1) is 8.70. The second-order valence-corrected chi connectivity index (χ2v) is 6.63. The molecule has 2 rings (SSSR count). The van der Waals surface area contributed by atoms with E-state index in [0.29, 0.717) is 12.5 Å².